The van der Waals surface area contributed by atoms with E-state index in [2.05, 4.69) is 5.32 Å². The van der Waals surface area contributed by atoms with Crippen molar-refractivity contribution in [3.05, 3.63) is 56.1 Å². The van der Waals surface area contributed by atoms with Gasteiger partial charge in [0.25, 0.3) is 5.91 Å². The average Bonchev–Trinajstić information content (AvgIpc) is 2.41. The summed E-state index contributed by atoms with van der Waals surface area (Å²) >= 11 is 12.8. The zero-order chi connectivity index (χ0) is 15.6. The molecule has 0 atom stereocenters. The quantitative estimate of drug-likeness (QED) is 0.512. The van der Waals surface area contributed by atoms with Crippen molar-refractivity contribution >= 4 is 63.0 Å². The summed E-state index contributed by atoms with van der Waals surface area (Å²) in [7, 11) is 0. The maximum atomic E-state index is 12.2. The molecular weight excluding hydrogens is 423 g/mol. The van der Waals surface area contributed by atoms with Crippen LogP contribution in [0.3, 0.4) is 0 Å². The van der Waals surface area contributed by atoms with E-state index >= 15 is 0 Å². The second-order valence-electron chi connectivity index (χ2n) is 4.17. The molecule has 7 heteroatoms. The molecule has 0 fully saturated rings. The molecule has 0 saturated carbocycles. The number of amides is 1. The molecule has 2 aromatic rings. The average molecular weight is 433 g/mol. The van der Waals surface area contributed by atoms with Crippen molar-refractivity contribution in [2.75, 3.05) is 5.32 Å². The summed E-state index contributed by atoms with van der Waals surface area (Å²) in [6.45, 7) is 0. The van der Waals surface area contributed by atoms with Crippen molar-refractivity contribution in [1.29, 1.82) is 0 Å². The summed E-state index contributed by atoms with van der Waals surface area (Å²) in [5.41, 5.74) is 6.89. The minimum Gasteiger partial charge on any atom is -0.507 e. The van der Waals surface area contributed by atoms with Crippen LogP contribution in [-0.4, -0.2) is 16.0 Å². The highest BCUT2D eigenvalue weighted by Gasteiger charge is 2.12. The Bertz CT molecular complexity index is 737. The first kappa shape index (κ1) is 16.0. The summed E-state index contributed by atoms with van der Waals surface area (Å²) in [5.74, 6) is -0.342. The highest BCUT2D eigenvalue weighted by atomic mass is 127. The molecule has 0 aliphatic heterocycles. The van der Waals surface area contributed by atoms with Crippen LogP contribution in [0.25, 0.3) is 0 Å². The summed E-state index contributed by atoms with van der Waals surface area (Å²) < 4.78 is 0.663. The maximum absolute atomic E-state index is 12.2. The second kappa shape index (κ2) is 6.59. The summed E-state index contributed by atoms with van der Waals surface area (Å²) in [4.78, 5) is 12.4. The number of phenolic OH excluding ortho intramolecular Hbond substituents is 1. The third kappa shape index (κ3) is 3.84. The molecule has 4 nitrogen and oxygen atoms in total. The van der Waals surface area contributed by atoms with E-state index in [4.69, 9.17) is 29.6 Å². The minimum absolute atomic E-state index is 0.0453. The maximum Gasteiger partial charge on any atom is 0.255 e. The standard InChI is InChI=1S/C14H10ClIN2O2S/c15-8-2-3-9(13(17)21)11(6-8)18-14(20)7-1-4-10(16)12(19)5-7/h1-6,19H,(H2,17,21)(H,18,20). The van der Waals surface area contributed by atoms with Gasteiger partial charge in [0.05, 0.1) is 9.26 Å². The van der Waals surface area contributed by atoms with Gasteiger partial charge in [0.2, 0.25) is 0 Å². The molecule has 2 rings (SSSR count). The number of nitrogens with one attached hydrogen (secondary N) is 1. The highest BCUT2D eigenvalue weighted by Crippen LogP contribution is 2.24. The molecular formula is C14H10ClIN2O2S. The van der Waals surface area contributed by atoms with E-state index in [1.165, 1.54) is 6.07 Å². The number of halogens is 2. The van der Waals surface area contributed by atoms with E-state index in [0.717, 1.165) is 0 Å². The smallest absolute Gasteiger partial charge is 0.255 e. The van der Waals surface area contributed by atoms with Gasteiger partial charge < -0.3 is 16.2 Å². The van der Waals surface area contributed by atoms with E-state index in [0.29, 0.717) is 25.4 Å². The molecule has 108 valence electrons. The topological polar surface area (TPSA) is 75.3 Å². The van der Waals surface area contributed by atoms with Crippen LogP contribution in [0.2, 0.25) is 5.02 Å². The monoisotopic (exact) mass is 432 g/mol. The Kier molecular flexibility index (Phi) is 5.02. The van der Waals surface area contributed by atoms with Gasteiger partial charge >= 0.3 is 0 Å². The number of aromatic hydroxyl groups is 1. The third-order valence-electron chi connectivity index (χ3n) is 2.70. The van der Waals surface area contributed by atoms with Gasteiger partial charge in [-0.2, -0.15) is 0 Å². The Morgan fingerprint density at radius 1 is 1.29 bits per heavy atom. The summed E-state index contributed by atoms with van der Waals surface area (Å²) in [6, 6.07) is 9.51. The molecule has 0 unspecified atom stereocenters. The molecule has 0 saturated heterocycles. The van der Waals surface area contributed by atoms with Crippen LogP contribution in [0.5, 0.6) is 5.75 Å². The van der Waals surface area contributed by atoms with Crippen molar-refractivity contribution in [1.82, 2.24) is 0 Å². The van der Waals surface area contributed by atoms with Gasteiger partial charge in [-0.15, -0.1) is 0 Å². The number of carbonyl (C=O) groups is 1. The van der Waals surface area contributed by atoms with Gasteiger partial charge in [-0.25, -0.2) is 0 Å². The lowest BCUT2D eigenvalue weighted by Gasteiger charge is -2.11. The van der Waals surface area contributed by atoms with Gasteiger partial charge in [-0.3, -0.25) is 4.79 Å². The van der Waals surface area contributed by atoms with Crippen molar-refractivity contribution in [3.63, 3.8) is 0 Å². The fourth-order valence-corrected chi connectivity index (χ4v) is 2.37. The number of hydrogen-bond acceptors (Lipinski definition) is 3. The van der Waals surface area contributed by atoms with Crippen LogP contribution in [0, 0.1) is 3.57 Å². The number of anilines is 1. The number of carbonyl (C=O) groups excluding carboxylic acids is 1. The first-order valence-electron chi connectivity index (χ1n) is 5.77. The zero-order valence-electron chi connectivity index (χ0n) is 10.6. The first-order chi connectivity index (χ1) is 9.88. The van der Waals surface area contributed by atoms with Crippen LogP contribution in [0.1, 0.15) is 15.9 Å². The van der Waals surface area contributed by atoms with Crippen molar-refractivity contribution in [2.45, 2.75) is 0 Å². The largest absolute Gasteiger partial charge is 0.507 e. The Morgan fingerprint density at radius 2 is 2.00 bits per heavy atom. The molecule has 0 spiro atoms. The Labute approximate surface area is 145 Å². The predicted molar refractivity (Wildman–Crippen MR) is 96.1 cm³/mol. The Balaban J connectivity index is 2.33. The number of thiocarbonyl (C=S) groups is 1. The van der Waals surface area contributed by atoms with Gasteiger partial charge in [-0.1, -0.05) is 23.8 Å². The highest BCUT2D eigenvalue weighted by molar-refractivity contribution is 14.1. The van der Waals surface area contributed by atoms with E-state index < -0.39 is 0 Å². The van der Waals surface area contributed by atoms with E-state index in [-0.39, 0.29) is 16.6 Å². The molecule has 1 amide bonds. The van der Waals surface area contributed by atoms with Gasteiger partial charge in [0.15, 0.2) is 0 Å². The van der Waals surface area contributed by atoms with E-state index in [1.54, 1.807) is 30.3 Å². The van der Waals surface area contributed by atoms with Crippen molar-refractivity contribution in [2.24, 2.45) is 5.73 Å². The fraction of sp³-hybridized carbons (Fsp3) is 0. The molecule has 0 heterocycles. The van der Waals surface area contributed by atoms with Crippen LogP contribution >= 0.6 is 46.4 Å². The lowest BCUT2D eigenvalue weighted by molar-refractivity contribution is 0.102. The van der Waals surface area contributed by atoms with Gasteiger partial charge in [0, 0.05) is 16.1 Å². The SMILES string of the molecule is NC(=S)c1ccc(Cl)cc1NC(=O)c1ccc(I)c(O)c1. The van der Waals surface area contributed by atoms with Gasteiger partial charge in [-0.05, 0) is 59.0 Å². The lowest BCUT2D eigenvalue weighted by atomic mass is 10.1. The summed E-state index contributed by atoms with van der Waals surface area (Å²) in [6.07, 6.45) is 0. The number of benzene rings is 2. The zero-order valence-corrected chi connectivity index (χ0v) is 14.3. The van der Waals surface area contributed by atoms with Crippen LogP contribution in [-0.2, 0) is 0 Å². The van der Waals surface area contributed by atoms with E-state index in [1.807, 2.05) is 22.6 Å². The Hall–Kier alpha value is -1.38. The summed E-state index contributed by atoms with van der Waals surface area (Å²) in [5, 5.41) is 12.8. The predicted octanol–water partition coefficient (Wildman–Crippen LogP) is 3.54. The third-order valence-corrected chi connectivity index (χ3v) is 4.07. The first-order valence-corrected chi connectivity index (χ1v) is 7.64. The number of rotatable bonds is 3. The molecule has 0 aliphatic rings. The fourth-order valence-electron chi connectivity index (χ4n) is 1.68. The van der Waals surface area contributed by atoms with E-state index in [9.17, 15) is 9.90 Å². The number of hydrogen-bond donors (Lipinski definition) is 3. The molecule has 2 aromatic carbocycles. The van der Waals surface area contributed by atoms with Crippen LogP contribution in [0.15, 0.2) is 36.4 Å². The molecule has 0 radical (unpaired) electrons. The normalized spacial score (nSPS) is 10.2. The Morgan fingerprint density at radius 3 is 2.62 bits per heavy atom. The second-order valence-corrected chi connectivity index (χ2v) is 6.21. The number of nitrogens with two attached hydrogens (primary N) is 1. The lowest BCUT2D eigenvalue weighted by Crippen LogP contribution is -2.17. The van der Waals surface area contributed by atoms with Crippen LogP contribution < -0.4 is 11.1 Å². The molecule has 0 bridgehead atoms. The van der Waals surface area contributed by atoms with Crippen molar-refractivity contribution in [3.8, 4) is 5.75 Å². The molecule has 0 aromatic heterocycles. The van der Waals surface area contributed by atoms with Crippen LogP contribution in [0.4, 0.5) is 5.69 Å². The molecule has 0 aliphatic carbocycles. The molecule has 4 N–H and O–H groups in total. The minimum atomic E-state index is -0.388. The molecule has 21 heavy (non-hydrogen) atoms. The van der Waals surface area contributed by atoms with Gasteiger partial charge in [0.1, 0.15) is 10.7 Å². The number of phenols is 1. The van der Waals surface area contributed by atoms with Crippen molar-refractivity contribution < 1.29 is 9.90 Å².